The number of fused-ring (bicyclic) bond motifs is 1. The van der Waals surface area contributed by atoms with E-state index in [9.17, 15) is 14.7 Å². The minimum absolute atomic E-state index is 0.264. The Kier molecular flexibility index (Phi) is 5.28. The minimum Gasteiger partial charge on any atom is -0.506 e. The average Bonchev–Trinajstić information content (AvgIpc) is 2.62. The fraction of sp³-hybridized carbons (Fsp3) is 0.200. The molecule has 2 aromatic carbocycles. The summed E-state index contributed by atoms with van der Waals surface area (Å²) in [5.41, 5.74) is 0.187. The van der Waals surface area contributed by atoms with E-state index in [1.54, 1.807) is 48.5 Å². The Balaban J connectivity index is 2.12. The largest absolute Gasteiger partial charge is 0.506 e. The fourth-order valence-corrected chi connectivity index (χ4v) is 3.05. The molecular formula is C20H19ClN2O3. The Bertz CT molecular complexity index is 1010. The Morgan fingerprint density at radius 2 is 1.96 bits per heavy atom. The number of carbonyl (C=O) groups excluding carboxylic acids is 1. The van der Waals surface area contributed by atoms with Gasteiger partial charge in [0.1, 0.15) is 11.3 Å². The predicted molar refractivity (Wildman–Crippen MR) is 104 cm³/mol. The van der Waals surface area contributed by atoms with Crippen molar-refractivity contribution >= 4 is 34.1 Å². The number of rotatable bonds is 5. The summed E-state index contributed by atoms with van der Waals surface area (Å²) in [6, 6.07) is 13.7. The van der Waals surface area contributed by atoms with Gasteiger partial charge in [-0.2, -0.15) is 0 Å². The summed E-state index contributed by atoms with van der Waals surface area (Å²) in [5, 5.41) is 11.5. The first-order valence-corrected chi connectivity index (χ1v) is 8.82. The molecule has 3 aromatic rings. The number of H-pyrrole nitrogens is 1. The van der Waals surface area contributed by atoms with E-state index >= 15 is 0 Å². The van der Waals surface area contributed by atoms with E-state index in [2.05, 4.69) is 4.98 Å². The Morgan fingerprint density at radius 3 is 2.69 bits per heavy atom. The van der Waals surface area contributed by atoms with Crippen molar-refractivity contribution in [3.63, 3.8) is 0 Å². The molecular weight excluding hydrogens is 352 g/mol. The smallest absolute Gasteiger partial charge is 0.267 e. The Hall–Kier alpha value is -2.79. The number of aromatic hydroxyl groups is 1. The van der Waals surface area contributed by atoms with Crippen LogP contribution in [0.1, 0.15) is 30.1 Å². The van der Waals surface area contributed by atoms with Gasteiger partial charge in [-0.3, -0.25) is 9.59 Å². The zero-order valence-corrected chi connectivity index (χ0v) is 15.1. The van der Waals surface area contributed by atoms with E-state index in [0.717, 1.165) is 12.8 Å². The molecule has 0 unspecified atom stereocenters. The summed E-state index contributed by atoms with van der Waals surface area (Å²) in [6.07, 6.45) is 1.63. The molecule has 0 aliphatic carbocycles. The van der Waals surface area contributed by atoms with E-state index in [0.29, 0.717) is 28.2 Å². The molecule has 5 nitrogen and oxygen atoms in total. The van der Waals surface area contributed by atoms with Crippen LogP contribution in [0.2, 0.25) is 5.02 Å². The number of para-hydroxylation sites is 1. The van der Waals surface area contributed by atoms with Crippen molar-refractivity contribution in [1.29, 1.82) is 0 Å². The highest BCUT2D eigenvalue weighted by Crippen LogP contribution is 2.28. The molecule has 6 heteroatoms. The van der Waals surface area contributed by atoms with Gasteiger partial charge in [-0.15, -0.1) is 0 Å². The summed E-state index contributed by atoms with van der Waals surface area (Å²) in [4.78, 5) is 29.8. The molecule has 0 aliphatic rings. The number of benzene rings is 2. The number of unbranched alkanes of at least 4 members (excludes halogenated alkanes) is 1. The first kappa shape index (κ1) is 18.0. The molecule has 134 valence electrons. The van der Waals surface area contributed by atoms with Crippen LogP contribution in [0.5, 0.6) is 5.75 Å². The summed E-state index contributed by atoms with van der Waals surface area (Å²) in [6.45, 7) is 2.43. The van der Waals surface area contributed by atoms with Crippen molar-refractivity contribution in [3.8, 4) is 5.75 Å². The molecule has 0 saturated heterocycles. The number of aromatic amines is 1. The van der Waals surface area contributed by atoms with Crippen molar-refractivity contribution in [2.24, 2.45) is 0 Å². The molecule has 0 spiro atoms. The Labute approximate surface area is 155 Å². The molecule has 0 saturated carbocycles. The molecule has 0 fully saturated rings. The molecule has 0 bridgehead atoms. The number of halogens is 1. The average molecular weight is 371 g/mol. The van der Waals surface area contributed by atoms with Gasteiger partial charge in [-0.05, 0) is 36.8 Å². The number of amides is 1. The lowest BCUT2D eigenvalue weighted by Gasteiger charge is -2.23. The summed E-state index contributed by atoms with van der Waals surface area (Å²) >= 11 is 6.06. The predicted octanol–water partition coefficient (Wildman–Crippen LogP) is 4.33. The molecule has 2 N–H and O–H groups in total. The molecule has 0 aliphatic heterocycles. The van der Waals surface area contributed by atoms with E-state index in [1.807, 2.05) is 6.92 Å². The van der Waals surface area contributed by atoms with Gasteiger partial charge >= 0.3 is 0 Å². The minimum atomic E-state index is -0.616. The first-order chi connectivity index (χ1) is 12.5. The second-order valence-corrected chi connectivity index (χ2v) is 6.45. The van der Waals surface area contributed by atoms with E-state index in [1.165, 1.54) is 4.90 Å². The number of anilines is 1. The van der Waals surface area contributed by atoms with Crippen molar-refractivity contribution in [3.05, 3.63) is 69.5 Å². The number of nitrogens with one attached hydrogen (secondary N) is 1. The second-order valence-electron chi connectivity index (χ2n) is 6.01. The number of hydrogen-bond acceptors (Lipinski definition) is 3. The SMILES string of the molecule is CCCCN(C(=O)c1c(O)c2ccccc2[nH]c1=O)c1cccc(Cl)c1. The van der Waals surface area contributed by atoms with Crippen LogP contribution in [0.15, 0.2) is 53.3 Å². The van der Waals surface area contributed by atoms with Crippen LogP contribution in [-0.4, -0.2) is 22.5 Å². The number of hydrogen-bond donors (Lipinski definition) is 2. The van der Waals surface area contributed by atoms with Crippen LogP contribution in [0.3, 0.4) is 0 Å². The van der Waals surface area contributed by atoms with Gasteiger partial charge in [0.05, 0.1) is 5.52 Å². The van der Waals surface area contributed by atoms with Gasteiger partial charge in [-0.25, -0.2) is 0 Å². The number of pyridine rings is 1. The van der Waals surface area contributed by atoms with Gasteiger partial charge in [0.25, 0.3) is 11.5 Å². The molecule has 0 atom stereocenters. The molecule has 0 radical (unpaired) electrons. The van der Waals surface area contributed by atoms with Crippen LogP contribution in [0.25, 0.3) is 10.9 Å². The topological polar surface area (TPSA) is 73.4 Å². The molecule has 1 aromatic heterocycles. The quantitative estimate of drug-likeness (QED) is 0.701. The van der Waals surface area contributed by atoms with Crippen molar-refractivity contribution < 1.29 is 9.90 Å². The third kappa shape index (κ3) is 3.44. The maximum atomic E-state index is 13.2. The second kappa shape index (κ2) is 7.62. The van der Waals surface area contributed by atoms with Crippen molar-refractivity contribution in [2.45, 2.75) is 19.8 Å². The van der Waals surface area contributed by atoms with Crippen LogP contribution >= 0.6 is 11.6 Å². The lowest BCUT2D eigenvalue weighted by molar-refractivity contribution is 0.0983. The van der Waals surface area contributed by atoms with Crippen LogP contribution < -0.4 is 10.5 Å². The number of aromatic nitrogens is 1. The lowest BCUT2D eigenvalue weighted by Crippen LogP contribution is -2.35. The fourth-order valence-electron chi connectivity index (χ4n) is 2.87. The van der Waals surface area contributed by atoms with E-state index in [-0.39, 0.29) is 11.3 Å². The first-order valence-electron chi connectivity index (χ1n) is 8.44. The zero-order valence-electron chi connectivity index (χ0n) is 14.3. The molecule has 3 rings (SSSR count). The summed E-state index contributed by atoms with van der Waals surface area (Å²) in [7, 11) is 0. The number of nitrogens with zero attached hydrogens (tertiary/aromatic N) is 1. The van der Waals surface area contributed by atoms with Gasteiger partial charge in [0.15, 0.2) is 0 Å². The van der Waals surface area contributed by atoms with Crippen LogP contribution in [0, 0.1) is 0 Å². The Morgan fingerprint density at radius 1 is 1.19 bits per heavy atom. The highest BCUT2D eigenvalue weighted by atomic mass is 35.5. The molecule has 26 heavy (non-hydrogen) atoms. The molecule has 1 heterocycles. The summed E-state index contributed by atoms with van der Waals surface area (Å²) < 4.78 is 0. The summed E-state index contributed by atoms with van der Waals surface area (Å²) in [5.74, 6) is -0.858. The highest BCUT2D eigenvalue weighted by Gasteiger charge is 2.25. The van der Waals surface area contributed by atoms with Crippen LogP contribution in [0.4, 0.5) is 5.69 Å². The normalized spacial score (nSPS) is 10.8. The van der Waals surface area contributed by atoms with Gasteiger partial charge < -0.3 is 15.0 Å². The van der Waals surface area contributed by atoms with Crippen LogP contribution in [-0.2, 0) is 0 Å². The van der Waals surface area contributed by atoms with Gasteiger partial charge in [0.2, 0.25) is 0 Å². The maximum Gasteiger partial charge on any atom is 0.267 e. The maximum absolute atomic E-state index is 13.2. The third-order valence-corrected chi connectivity index (χ3v) is 4.44. The standard InChI is InChI=1S/C20H19ClN2O3/c1-2-3-11-23(14-8-6-7-13(21)12-14)20(26)17-18(24)15-9-4-5-10-16(15)22-19(17)25/h4-10,12H,2-3,11H2,1H3,(H2,22,24,25). The molecule has 1 amide bonds. The van der Waals surface area contributed by atoms with Gasteiger partial charge in [-0.1, -0.05) is 43.1 Å². The van der Waals surface area contributed by atoms with Crippen molar-refractivity contribution in [1.82, 2.24) is 4.98 Å². The van der Waals surface area contributed by atoms with E-state index < -0.39 is 11.5 Å². The lowest BCUT2D eigenvalue weighted by atomic mass is 10.1. The van der Waals surface area contributed by atoms with Crippen molar-refractivity contribution in [2.75, 3.05) is 11.4 Å². The third-order valence-electron chi connectivity index (χ3n) is 4.21. The van der Waals surface area contributed by atoms with Gasteiger partial charge in [0, 0.05) is 22.6 Å². The highest BCUT2D eigenvalue weighted by molar-refractivity contribution is 6.31. The number of carbonyl (C=O) groups is 1. The van der Waals surface area contributed by atoms with E-state index in [4.69, 9.17) is 11.6 Å². The monoisotopic (exact) mass is 370 g/mol. The zero-order chi connectivity index (χ0) is 18.7.